The van der Waals surface area contributed by atoms with Crippen LogP contribution in [0.25, 0.3) is 0 Å². The molecule has 2 atom stereocenters. The first-order chi connectivity index (χ1) is 11.6. The van der Waals surface area contributed by atoms with Crippen molar-refractivity contribution in [1.29, 1.82) is 0 Å². The number of amides is 1. The van der Waals surface area contributed by atoms with Gasteiger partial charge in [-0.3, -0.25) is 9.79 Å². The van der Waals surface area contributed by atoms with Crippen LogP contribution >= 0.6 is 0 Å². The van der Waals surface area contributed by atoms with Gasteiger partial charge in [-0.05, 0) is 57.5 Å². The number of hydrogen-bond donors (Lipinski definition) is 2. The predicted molar refractivity (Wildman–Crippen MR) is 98.9 cm³/mol. The molecule has 2 fully saturated rings. The molecule has 2 saturated heterocycles. The van der Waals surface area contributed by atoms with Gasteiger partial charge in [-0.25, -0.2) is 0 Å². The molecule has 0 spiro atoms. The third kappa shape index (κ3) is 5.96. The van der Waals surface area contributed by atoms with Gasteiger partial charge >= 0.3 is 0 Å². The summed E-state index contributed by atoms with van der Waals surface area (Å²) in [7, 11) is 0. The summed E-state index contributed by atoms with van der Waals surface area (Å²) in [6.07, 6.45) is 5.25. The molecule has 2 aliphatic rings. The third-order valence-corrected chi connectivity index (χ3v) is 5.19. The number of aliphatic imine (C=N–C) groups is 1. The van der Waals surface area contributed by atoms with Crippen LogP contribution in [0.4, 0.5) is 0 Å². The molecule has 0 bridgehead atoms. The molecule has 24 heavy (non-hydrogen) atoms. The van der Waals surface area contributed by atoms with Gasteiger partial charge in [0.15, 0.2) is 5.96 Å². The minimum absolute atomic E-state index is 0.189. The Hall–Kier alpha value is -1.30. The summed E-state index contributed by atoms with van der Waals surface area (Å²) >= 11 is 0. The van der Waals surface area contributed by atoms with Gasteiger partial charge < -0.3 is 20.9 Å². The lowest BCUT2D eigenvalue weighted by atomic mass is 9.95. The maximum atomic E-state index is 11.2. The molecule has 0 radical (unpaired) electrons. The van der Waals surface area contributed by atoms with Crippen LogP contribution < -0.4 is 11.1 Å². The second kappa shape index (κ2) is 9.87. The van der Waals surface area contributed by atoms with Gasteiger partial charge in [-0.1, -0.05) is 6.92 Å². The third-order valence-electron chi connectivity index (χ3n) is 5.19. The lowest BCUT2D eigenvalue weighted by Crippen LogP contribution is -2.47. The van der Waals surface area contributed by atoms with Crippen LogP contribution in [0.5, 0.6) is 0 Å². The molecule has 2 aliphatic heterocycles. The van der Waals surface area contributed by atoms with Crippen molar-refractivity contribution in [1.82, 2.24) is 15.1 Å². The van der Waals surface area contributed by atoms with Gasteiger partial charge in [-0.2, -0.15) is 0 Å². The fourth-order valence-electron chi connectivity index (χ4n) is 3.94. The molecule has 138 valence electrons. The SMILES string of the molecule is CCNC(=NCC1CCCN(CC)C1)N1CCCC(CC(N)=O)C1. The maximum absolute atomic E-state index is 11.2. The molecule has 0 aromatic carbocycles. The van der Waals surface area contributed by atoms with Gasteiger partial charge in [0.2, 0.25) is 5.91 Å². The molecule has 0 aromatic rings. The number of guanidine groups is 1. The predicted octanol–water partition coefficient (Wildman–Crippen LogP) is 1.27. The molecule has 2 unspecified atom stereocenters. The summed E-state index contributed by atoms with van der Waals surface area (Å²) in [5, 5.41) is 3.44. The number of nitrogens with zero attached hydrogens (tertiary/aromatic N) is 3. The van der Waals surface area contributed by atoms with Crippen molar-refractivity contribution in [3.63, 3.8) is 0 Å². The first-order valence-corrected chi connectivity index (χ1v) is 9.66. The molecule has 6 nitrogen and oxygen atoms in total. The van der Waals surface area contributed by atoms with Gasteiger partial charge in [0, 0.05) is 39.1 Å². The Kier molecular flexibility index (Phi) is 7.82. The molecule has 2 heterocycles. The van der Waals surface area contributed by atoms with E-state index in [9.17, 15) is 4.79 Å². The van der Waals surface area contributed by atoms with Crippen molar-refractivity contribution in [3.8, 4) is 0 Å². The second-order valence-electron chi connectivity index (χ2n) is 7.22. The molecule has 0 saturated carbocycles. The molecule has 6 heteroatoms. The summed E-state index contributed by atoms with van der Waals surface area (Å²) in [4.78, 5) is 21.0. The standard InChI is InChI=1S/C18H35N5O/c1-3-20-18(21-12-16-8-5-9-22(4-2)13-16)23-10-6-7-15(14-23)11-17(19)24/h15-16H,3-14H2,1-2H3,(H2,19,24)(H,20,21). The summed E-state index contributed by atoms with van der Waals surface area (Å²) in [5.41, 5.74) is 5.38. The molecule has 3 N–H and O–H groups in total. The van der Waals surface area contributed by atoms with Crippen LogP contribution in [0.3, 0.4) is 0 Å². The number of nitrogens with one attached hydrogen (secondary N) is 1. The van der Waals surface area contributed by atoms with Crippen molar-refractivity contribution in [2.24, 2.45) is 22.6 Å². The first-order valence-electron chi connectivity index (χ1n) is 9.66. The van der Waals surface area contributed by atoms with Crippen molar-refractivity contribution < 1.29 is 4.79 Å². The van der Waals surface area contributed by atoms with Crippen molar-refractivity contribution in [2.75, 3.05) is 45.8 Å². The smallest absolute Gasteiger partial charge is 0.217 e. The summed E-state index contributed by atoms with van der Waals surface area (Å²) < 4.78 is 0. The van der Waals surface area contributed by atoms with Crippen molar-refractivity contribution in [2.45, 2.75) is 46.0 Å². The Morgan fingerprint density at radius 3 is 2.62 bits per heavy atom. The van der Waals surface area contributed by atoms with E-state index >= 15 is 0 Å². The molecule has 0 aromatic heterocycles. The van der Waals surface area contributed by atoms with E-state index in [-0.39, 0.29) is 5.91 Å². The van der Waals surface area contributed by atoms with E-state index in [2.05, 4.69) is 29.0 Å². The van der Waals surface area contributed by atoms with E-state index in [0.29, 0.717) is 18.3 Å². The molecule has 0 aliphatic carbocycles. The lowest BCUT2D eigenvalue weighted by molar-refractivity contribution is -0.119. The summed E-state index contributed by atoms with van der Waals surface area (Å²) in [6, 6.07) is 0. The number of likely N-dealkylation sites (tertiary alicyclic amines) is 2. The molecule has 2 rings (SSSR count). The zero-order valence-electron chi connectivity index (χ0n) is 15.5. The van der Waals surface area contributed by atoms with E-state index in [1.165, 1.54) is 25.9 Å². The highest BCUT2D eigenvalue weighted by Gasteiger charge is 2.24. The van der Waals surface area contributed by atoms with Crippen LogP contribution in [0.1, 0.15) is 46.0 Å². The normalized spacial score (nSPS) is 26.4. The average Bonchev–Trinajstić information content (AvgIpc) is 2.58. The minimum Gasteiger partial charge on any atom is -0.370 e. The zero-order chi connectivity index (χ0) is 17.4. The number of rotatable bonds is 6. The average molecular weight is 338 g/mol. The van der Waals surface area contributed by atoms with Gasteiger partial charge in [0.25, 0.3) is 0 Å². The van der Waals surface area contributed by atoms with Crippen LogP contribution in [0.2, 0.25) is 0 Å². The Bertz CT molecular complexity index is 426. The monoisotopic (exact) mass is 337 g/mol. The summed E-state index contributed by atoms with van der Waals surface area (Å²) in [5.74, 6) is 1.86. The Morgan fingerprint density at radius 1 is 1.17 bits per heavy atom. The Morgan fingerprint density at radius 2 is 1.92 bits per heavy atom. The van der Waals surface area contributed by atoms with Crippen LogP contribution in [0.15, 0.2) is 4.99 Å². The molecular formula is C18H35N5O. The first kappa shape index (κ1) is 19.0. The number of carbonyl (C=O) groups excluding carboxylic acids is 1. The minimum atomic E-state index is -0.189. The Labute approximate surface area is 146 Å². The second-order valence-corrected chi connectivity index (χ2v) is 7.22. The van der Waals surface area contributed by atoms with Crippen molar-refractivity contribution >= 4 is 11.9 Å². The van der Waals surface area contributed by atoms with E-state index in [4.69, 9.17) is 10.7 Å². The van der Waals surface area contributed by atoms with Crippen molar-refractivity contribution in [3.05, 3.63) is 0 Å². The van der Waals surface area contributed by atoms with Crippen LogP contribution in [-0.4, -0.2) is 67.5 Å². The Balaban J connectivity index is 1.93. The largest absolute Gasteiger partial charge is 0.370 e. The number of nitrogens with two attached hydrogens (primary N) is 1. The highest BCUT2D eigenvalue weighted by molar-refractivity contribution is 5.80. The summed E-state index contributed by atoms with van der Waals surface area (Å²) in [6.45, 7) is 11.6. The number of hydrogen-bond acceptors (Lipinski definition) is 3. The quantitative estimate of drug-likeness (QED) is 0.565. The topological polar surface area (TPSA) is 74.0 Å². The maximum Gasteiger partial charge on any atom is 0.217 e. The molecular weight excluding hydrogens is 302 g/mol. The molecule has 1 amide bonds. The van der Waals surface area contributed by atoms with Crippen LogP contribution in [-0.2, 0) is 4.79 Å². The fraction of sp³-hybridized carbons (Fsp3) is 0.889. The number of primary amides is 1. The van der Waals surface area contributed by atoms with Gasteiger partial charge in [-0.15, -0.1) is 0 Å². The van der Waals surface area contributed by atoms with E-state index in [1.807, 2.05) is 0 Å². The number of piperidine rings is 2. The van der Waals surface area contributed by atoms with Gasteiger partial charge in [0.05, 0.1) is 0 Å². The van der Waals surface area contributed by atoms with E-state index < -0.39 is 0 Å². The van der Waals surface area contributed by atoms with E-state index in [0.717, 1.165) is 51.5 Å². The number of carbonyl (C=O) groups is 1. The van der Waals surface area contributed by atoms with E-state index in [1.54, 1.807) is 0 Å². The highest BCUT2D eigenvalue weighted by atomic mass is 16.1. The van der Waals surface area contributed by atoms with Crippen LogP contribution in [0, 0.1) is 11.8 Å². The highest BCUT2D eigenvalue weighted by Crippen LogP contribution is 2.20. The lowest BCUT2D eigenvalue weighted by Gasteiger charge is -2.35. The zero-order valence-corrected chi connectivity index (χ0v) is 15.5. The van der Waals surface area contributed by atoms with Gasteiger partial charge in [0.1, 0.15) is 0 Å². The fourth-order valence-corrected chi connectivity index (χ4v) is 3.94.